The predicted octanol–water partition coefficient (Wildman–Crippen LogP) is 4.57. The van der Waals surface area contributed by atoms with E-state index in [1.54, 1.807) is 14.2 Å². The maximum Gasteiger partial charge on any atom is 0.317 e. The minimum Gasteiger partial charge on any atom is -0.493 e. The third-order valence-corrected chi connectivity index (χ3v) is 7.14. The van der Waals surface area contributed by atoms with Crippen LogP contribution in [0.4, 0.5) is 10.6 Å². The highest BCUT2D eigenvalue weighted by Crippen LogP contribution is 2.40. The van der Waals surface area contributed by atoms with E-state index in [2.05, 4.69) is 23.5 Å². The Balaban J connectivity index is 1.36. The molecule has 0 bridgehead atoms. The van der Waals surface area contributed by atoms with E-state index in [9.17, 15) is 4.79 Å². The van der Waals surface area contributed by atoms with E-state index in [1.165, 1.54) is 24.0 Å². The van der Waals surface area contributed by atoms with Gasteiger partial charge in [-0.2, -0.15) is 0 Å². The molecule has 1 aromatic carbocycles. The van der Waals surface area contributed by atoms with Crippen LogP contribution in [0, 0.1) is 0 Å². The van der Waals surface area contributed by atoms with E-state index in [0.29, 0.717) is 29.9 Å². The standard InChI is InChI=1S/C27H32N4O3/c1-33-24-10-7-18(15-25(24)34-2)21-16-22-20(8-9-23(22)30-26(21)28)17-11-13-31(14-12-17)27(32)29-19-5-3-4-6-19/h7-8,10-11,15-16,19H,3-6,9,12-14H2,1-2H3,(H2,28,30)(H,29,32). The van der Waals surface area contributed by atoms with Crippen LogP contribution in [0.2, 0.25) is 0 Å². The fourth-order valence-corrected chi connectivity index (χ4v) is 5.24. The number of nitrogen functional groups attached to an aromatic ring is 1. The zero-order valence-electron chi connectivity index (χ0n) is 19.9. The lowest BCUT2D eigenvalue weighted by Gasteiger charge is -2.28. The molecule has 1 saturated carbocycles. The molecule has 1 aromatic heterocycles. The van der Waals surface area contributed by atoms with Crippen LogP contribution in [-0.2, 0) is 6.42 Å². The lowest BCUT2D eigenvalue weighted by atomic mass is 9.93. The molecule has 0 atom stereocenters. The van der Waals surface area contributed by atoms with Crippen LogP contribution < -0.4 is 20.5 Å². The summed E-state index contributed by atoms with van der Waals surface area (Å²) in [5, 5.41) is 3.20. The number of pyridine rings is 1. The van der Waals surface area contributed by atoms with E-state index in [4.69, 9.17) is 20.2 Å². The third-order valence-electron chi connectivity index (χ3n) is 7.14. The lowest BCUT2D eigenvalue weighted by molar-refractivity contribution is 0.198. The number of ether oxygens (including phenoxy) is 2. The van der Waals surface area contributed by atoms with Gasteiger partial charge in [-0.3, -0.25) is 0 Å². The molecular formula is C27H32N4O3. The summed E-state index contributed by atoms with van der Waals surface area (Å²) < 4.78 is 10.8. The second-order valence-corrected chi connectivity index (χ2v) is 9.16. The van der Waals surface area contributed by atoms with Gasteiger partial charge in [-0.25, -0.2) is 9.78 Å². The minimum absolute atomic E-state index is 0.0631. The normalized spacial score (nSPS) is 17.8. The number of benzene rings is 1. The summed E-state index contributed by atoms with van der Waals surface area (Å²) in [6, 6.07) is 8.32. The number of fused-ring (bicyclic) bond motifs is 1. The molecule has 7 nitrogen and oxygen atoms in total. The topological polar surface area (TPSA) is 89.7 Å². The average molecular weight is 461 g/mol. The molecule has 0 spiro atoms. The number of rotatable bonds is 5. The van der Waals surface area contributed by atoms with Gasteiger partial charge in [0.1, 0.15) is 5.82 Å². The Hall–Kier alpha value is -3.48. The molecule has 7 heteroatoms. The molecular weight excluding hydrogens is 428 g/mol. The maximum atomic E-state index is 12.6. The molecule has 34 heavy (non-hydrogen) atoms. The molecule has 3 aliphatic rings. The monoisotopic (exact) mass is 460 g/mol. The number of anilines is 1. The Morgan fingerprint density at radius 3 is 2.59 bits per heavy atom. The third kappa shape index (κ3) is 4.22. The van der Waals surface area contributed by atoms with Crippen LogP contribution in [0.25, 0.3) is 16.7 Å². The van der Waals surface area contributed by atoms with Crippen LogP contribution in [0.1, 0.15) is 43.4 Å². The van der Waals surface area contributed by atoms with Gasteiger partial charge in [0.15, 0.2) is 11.5 Å². The summed E-state index contributed by atoms with van der Waals surface area (Å²) in [6.07, 6.45) is 10.6. The molecule has 2 heterocycles. The van der Waals surface area contributed by atoms with Crippen LogP contribution in [0.3, 0.4) is 0 Å². The number of carbonyl (C=O) groups is 1. The number of allylic oxidation sites excluding steroid dienone is 2. The molecule has 0 saturated heterocycles. The van der Waals surface area contributed by atoms with Crippen molar-refractivity contribution in [1.29, 1.82) is 0 Å². The number of hydrogen-bond donors (Lipinski definition) is 2. The smallest absolute Gasteiger partial charge is 0.317 e. The van der Waals surface area contributed by atoms with Crippen LogP contribution >= 0.6 is 0 Å². The zero-order chi connectivity index (χ0) is 23.7. The second kappa shape index (κ2) is 9.41. The number of hydrogen-bond acceptors (Lipinski definition) is 5. The highest BCUT2D eigenvalue weighted by molar-refractivity contribution is 5.88. The van der Waals surface area contributed by atoms with E-state index < -0.39 is 0 Å². The molecule has 5 rings (SSSR count). The number of methoxy groups -OCH3 is 2. The average Bonchev–Trinajstić information content (AvgIpc) is 3.52. The maximum absolute atomic E-state index is 12.6. The number of carbonyl (C=O) groups excluding carboxylic acids is 1. The summed E-state index contributed by atoms with van der Waals surface area (Å²) in [5.41, 5.74) is 12.8. The number of aromatic nitrogens is 1. The van der Waals surface area contributed by atoms with Crippen molar-refractivity contribution in [3.63, 3.8) is 0 Å². The quantitative estimate of drug-likeness (QED) is 0.682. The number of urea groups is 1. The van der Waals surface area contributed by atoms with Gasteiger partial charge in [-0.1, -0.05) is 31.1 Å². The summed E-state index contributed by atoms with van der Waals surface area (Å²) in [4.78, 5) is 19.3. The highest BCUT2D eigenvalue weighted by atomic mass is 16.5. The molecule has 2 aromatic rings. The van der Waals surface area contributed by atoms with Crippen molar-refractivity contribution in [3.05, 3.63) is 53.2 Å². The van der Waals surface area contributed by atoms with Gasteiger partial charge < -0.3 is 25.4 Å². The first kappa shape index (κ1) is 22.3. The summed E-state index contributed by atoms with van der Waals surface area (Å²) in [5.74, 6) is 1.84. The lowest BCUT2D eigenvalue weighted by Crippen LogP contribution is -2.45. The van der Waals surface area contributed by atoms with Gasteiger partial charge in [0.25, 0.3) is 0 Å². The Morgan fingerprint density at radius 2 is 1.88 bits per heavy atom. The van der Waals surface area contributed by atoms with Crippen molar-refractivity contribution in [3.8, 4) is 22.6 Å². The number of nitrogens with zero attached hydrogens (tertiary/aromatic N) is 2. The number of amides is 2. The van der Waals surface area contributed by atoms with Crippen molar-refractivity contribution in [2.24, 2.45) is 0 Å². The van der Waals surface area contributed by atoms with Crippen LogP contribution in [-0.4, -0.2) is 49.3 Å². The van der Waals surface area contributed by atoms with Gasteiger partial charge in [-0.15, -0.1) is 0 Å². The van der Waals surface area contributed by atoms with Crippen LogP contribution in [0.15, 0.2) is 42.0 Å². The van der Waals surface area contributed by atoms with Gasteiger partial charge in [0, 0.05) is 36.7 Å². The van der Waals surface area contributed by atoms with Gasteiger partial charge in [0.2, 0.25) is 0 Å². The zero-order valence-corrected chi connectivity index (χ0v) is 19.9. The summed E-state index contributed by atoms with van der Waals surface area (Å²) >= 11 is 0. The molecule has 0 radical (unpaired) electrons. The van der Waals surface area contributed by atoms with Crippen LogP contribution in [0.5, 0.6) is 11.5 Å². The van der Waals surface area contributed by atoms with E-state index in [0.717, 1.165) is 54.6 Å². The first-order valence-electron chi connectivity index (χ1n) is 12.0. The highest BCUT2D eigenvalue weighted by Gasteiger charge is 2.26. The Labute approximate surface area is 200 Å². The fraction of sp³-hybridized carbons (Fsp3) is 0.407. The van der Waals surface area contributed by atoms with E-state index in [1.807, 2.05) is 23.1 Å². The van der Waals surface area contributed by atoms with Gasteiger partial charge in [-0.05, 0) is 54.2 Å². The molecule has 2 amide bonds. The molecule has 0 unspecified atom stereocenters. The van der Waals surface area contributed by atoms with Crippen molar-refractivity contribution in [2.45, 2.75) is 44.6 Å². The molecule has 2 aliphatic carbocycles. The first-order valence-corrected chi connectivity index (χ1v) is 12.0. The van der Waals surface area contributed by atoms with Crippen molar-refractivity contribution in [2.75, 3.05) is 33.0 Å². The molecule has 178 valence electrons. The first-order chi connectivity index (χ1) is 16.6. The van der Waals surface area contributed by atoms with Crippen molar-refractivity contribution >= 4 is 17.4 Å². The minimum atomic E-state index is 0.0631. The summed E-state index contributed by atoms with van der Waals surface area (Å²) in [6.45, 7) is 1.35. The fourth-order valence-electron chi connectivity index (χ4n) is 5.24. The Morgan fingerprint density at radius 1 is 1.09 bits per heavy atom. The van der Waals surface area contributed by atoms with Crippen molar-refractivity contribution < 1.29 is 14.3 Å². The SMILES string of the molecule is COc1ccc(-c2cc3c(nc2N)CC=C3C2=CCN(C(=O)NC3CCCC3)CC2)cc1OC. The number of nitrogens with one attached hydrogen (secondary N) is 1. The molecule has 1 fully saturated rings. The Kier molecular flexibility index (Phi) is 6.18. The molecule has 3 N–H and O–H groups in total. The van der Waals surface area contributed by atoms with Gasteiger partial charge in [0.05, 0.1) is 19.9 Å². The number of nitrogens with two attached hydrogens (primary N) is 1. The second-order valence-electron chi connectivity index (χ2n) is 9.16. The summed E-state index contributed by atoms with van der Waals surface area (Å²) in [7, 11) is 3.25. The van der Waals surface area contributed by atoms with Gasteiger partial charge >= 0.3 is 6.03 Å². The van der Waals surface area contributed by atoms with E-state index in [-0.39, 0.29) is 6.03 Å². The van der Waals surface area contributed by atoms with E-state index >= 15 is 0 Å². The predicted molar refractivity (Wildman–Crippen MR) is 134 cm³/mol. The van der Waals surface area contributed by atoms with Crippen molar-refractivity contribution in [1.82, 2.24) is 15.2 Å². The largest absolute Gasteiger partial charge is 0.493 e. The molecule has 1 aliphatic heterocycles. The Bertz CT molecular complexity index is 1160.